The van der Waals surface area contributed by atoms with E-state index in [0.29, 0.717) is 0 Å². The van der Waals surface area contributed by atoms with Crippen molar-refractivity contribution in [1.82, 2.24) is 5.32 Å². The molecule has 4 nitrogen and oxygen atoms in total. The van der Waals surface area contributed by atoms with Gasteiger partial charge in [0.2, 0.25) is 0 Å². The van der Waals surface area contributed by atoms with E-state index in [0.717, 1.165) is 25.7 Å². The first-order chi connectivity index (χ1) is 5.18. The second-order valence-electron chi connectivity index (χ2n) is 3.07. The lowest BCUT2D eigenvalue weighted by atomic mass is 9.92. The number of hydrogen-bond donors (Lipinski definition) is 3. The molecule has 0 unspecified atom stereocenters. The van der Waals surface area contributed by atoms with Gasteiger partial charge in [-0.15, -0.1) is 0 Å². The number of carbonyl (C=O) groups is 1. The third-order valence-electron chi connectivity index (χ3n) is 2.04. The van der Waals surface area contributed by atoms with Crippen molar-refractivity contribution >= 4 is 6.09 Å². The van der Waals surface area contributed by atoms with Crippen LogP contribution in [0.5, 0.6) is 0 Å². The number of carboxylic acid groups (broad SMARTS) is 1. The van der Waals surface area contributed by atoms with Crippen LogP contribution in [-0.2, 0) is 0 Å². The van der Waals surface area contributed by atoms with E-state index in [4.69, 9.17) is 10.8 Å². The summed E-state index contributed by atoms with van der Waals surface area (Å²) in [6, 6.07) is 0.261. The van der Waals surface area contributed by atoms with Crippen molar-refractivity contribution in [2.24, 2.45) is 5.73 Å². The minimum absolute atomic E-state index is 0.0799. The quantitative estimate of drug-likeness (QED) is 0.521. The normalized spacial score (nSPS) is 31.4. The highest BCUT2D eigenvalue weighted by Crippen LogP contribution is 2.16. The first kappa shape index (κ1) is 8.33. The highest BCUT2D eigenvalue weighted by molar-refractivity contribution is 5.64. The zero-order chi connectivity index (χ0) is 8.27. The standard InChI is InChI=1S/C7H14N2O2/c8-5-2-1-3-6(4-5)9-7(10)11/h5-6,9H,1-4,8H2,(H,10,11)/t5-,6+/m1/s1. The lowest BCUT2D eigenvalue weighted by Gasteiger charge is -2.26. The van der Waals surface area contributed by atoms with Gasteiger partial charge in [0.1, 0.15) is 0 Å². The van der Waals surface area contributed by atoms with Gasteiger partial charge < -0.3 is 16.2 Å². The summed E-state index contributed by atoms with van der Waals surface area (Å²) < 4.78 is 0. The average molecular weight is 158 g/mol. The molecular weight excluding hydrogens is 144 g/mol. The van der Waals surface area contributed by atoms with Crippen LogP contribution in [0.25, 0.3) is 0 Å². The highest BCUT2D eigenvalue weighted by atomic mass is 16.4. The van der Waals surface area contributed by atoms with Crippen molar-refractivity contribution in [2.45, 2.75) is 37.8 Å². The number of rotatable bonds is 1. The van der Waals surface area contributed by atoms with Gasteiger partial charge in [-0.1, -0.05) is 0 Å². The minimum Gasteiger partial charge on any atom is -0.465 e. The molecule has 0 radical (unpaired) electrons. The molecule has 0 bridgehead atoms. The first-order valence-corrected chi connectivity index (χ1v) is 3.93. The van der Waals surface area contributed by atoms with E-state index in [-0.39, 0.29) is 12.1 Å². The van der Waals surface area contributed by atoms with E-state index in [1.54, 1.807) is 0 Å². The van der Waals surface area contributed by atoms with E-state index in [1.807, 2.05) is 0 Å². The van der Waals surface area contributed by atoms with Gasteiger partial charge in [0.15, 0.2) is 0 Å². The Morgan fingerprint density at radius 3 is 2.82 bits per heavy atom. The molecule has 4 N–H and O–H groups in total. The highest BCUT2D eigenvalue weighted by Gasteiger charge is 2.19. The van der Waals surface area contributed by atoms with E-state index in [2.05, 4.69) is 5.32 Å². The van der Waals surface area contributed by atoms with Gasteiger partial charge in [-0.05, 0) is 25.7 Å². The maximum Gasteiger partial charge on any atom is 0.404 e. The van der Waals surface area contributed by atoms with Gasteiger partial charge in [-0.3, -0.25) is 0 Å². The summed E-state index contributed by atoms with van der Waals surface area (Å²) in [5.74, 6) is 0. The van der Waals surface area contributed by atoms with E-state index >= 15 is 0 Å². The summed E-state index contributed by atoms with van der Waals surface area (Å²) in [4.78, 5) is 10.2. The van der Waals surface area contributed by atoms with Crippen molar-refractivity contribution in [1.29, 1.82) is 0 Å². The van der Waals surface area contributed by atoms with Gasteiger partial charge >= 0.3 is 6.09 Å². The van der Waals surface area contributed by atoms with Gasteiger partial charge in [0.05, 0.1) is 0 Å². The molecule has 0 saturated heterocycles. The Labute approximate surface area is 65.8 Å². The van der Waals surface area contributed by atoms with Crippen LogP contribution in [0.2, 0.25) is 0 Å². The van der Waals surface area contributed by atoms with Crippen LogP contribution in [0.1, 0.15) is 25.7 Å². The van der Waals surface area contributed by atoms with E-state index < -0.39 is 6.09 Å². The molecule has 1 fully saturated rings. The Kier molecular flexibility index (Phi) is 2.70. The predicted octanol–water partition coefficient (Wildman–Crippen LogP) is 0.524. The van der Waals surface area contributed by atoms with Crippen LogP contribution >= 0.6 is 0 Å². The summed E-state index contributed by atoms with van der Waals surface area (Å²) in [5.41, 5.74) is 5.67. The third-order valence-corrected chi connectivity index (χ3v) is 2.04. The van der Waals surface area contributed by atoms with Gasteiger partial charge in [-0.25, -0.2) is 4.79 Å². The average Bonchev–Trinajstić information content (AvgIpc) is 1.85. The van der Waals surface area contributed by atoms with Gasteiger partial charge in [0.25, 0.3) is 0 Å². The molecule has 1 aliphatic carbocycles. The fraction of sp³-hybridized carbons (Fsp3) is 0.857. The Hall–Kier alpha value is -0.770. The Morgan fingerprint density at radius 2 is 2.27 bits per heavy atom. The molecule has 4 heteroatoms. The Morgan fingerprint density at radius 1 is 1.55 bits per heavy atom. The minimum atomic E-state index is -0.941. The molecule has 1 saturated carbocycles. The van der Waals surface area contributed by atoms with Crippen molar-refractivity contribution in [2.75, 3.05) is 0 Å². The van der Waals surface area contributed by atoms with E-state index in [9.17, 15) is 4.79 Å². The van der Waals surface area contributed by atoms with Crippen molar-refractivity contribution in [3.8, 4) is 0 Å². The molecular formula is C7H14N2O2. The topological polar surface area (TPSA) is 75.3 Å². The largest absolute Gasteiger partial charge is 0.465 e. The molecule has 0 spiro atoms. The number of nitrogens with one attached hydrogen (secondary N) is 1. The molecule has 0 aliphatic heterocycles. The summed E-state index contributed by atoms with van der Waals surface area (Å²) in [6.07, 6.45) is 2.83. The third kappa shape index (κ3) is 2.76. The molecule has 0 aromatic rings. The number of nitrogens with two attached hydrogens (primary N) is 1. The smallest absolute Gasteiger partial charge is 0.404 e. The zero-order valence-electron chi connectivity index (χ0n) is 6.42. The van der Waals surface area contributed by atoms with Gasteiger partial charge in [0, 0.05) is 12.1 Å². The molecule has 1 aliphatic rings. The lowest BCUT2D eigenvalue weighted by molar-refractivity contribution is 0.184. The maximum absolute atomic E-state index is 10.2. The van der Waals surface area contributed by atoms with Gasteiger partial charge in [-0.2, -0.15) is 0 Å². The van der Waals surface area contributed by atoms with Crippen LogP contribution in [0.4, 0.5) is 4.79 Å². The summed E-state index contributed by atoms with van der Waals surface area (Å²) >= 11 is 0. The summed E-state index contributed by atoms with van der Waals surface area (Å²) in [6.45, 7) is 0. The lowest BCUT2D eigenvalue weighted by Crippen LogP contribution is -2.41. The van der Waals surface area contributed by atoms with Crippen molar-refractivity contribution < 1.29 is 9.90 Å². The number of hydrogen-bond acceptors (Lipinski definition) is 2. The molecule has 2 atom stereocenters. The molecule has 64 valence electrons. The molecule has 1 rings (SSSR count). The fourth-order valence-corrected chi connectivity index (χ4v) is 1.53. The van der Waals surface area contributed by atoms with Crippen LogP contribution in [-0.4, -0.2) is 23.3 Å². The maximum atomic E-state index is 10.2. The van der Waals surface area contributed by atoms with Crippen molar-refractivity contribution in [3.63, 3.8) is 0 Å². The molecule has 1 amide bonds. The first-order valence-electron chi connectivity index (χ1n) is 3.93. The second-order valence-corrected chi connectivity index (χ2v) is 3.07. The zero-order valence-corrected chi connectivity index (χ0v) is 6.42. The molecule has 0 aromatic carbocycles. The van der Waals surface area contributed by atoms with Crippen molar-refractivity contribution in [3.05, 3.63) is 0 Å². The van der Waals surface area contributed by atoms with E-state index in [1.165, 1.54) is 0 Å². The molecule has 0 aromatic heterocycles. The molecule has 11 heavy (non-hydrogen) atoms. The van der Waals surface area contributed by atoms with Crippen LogP contribution in [0.3, 0.4) is 0 Å². The summed E-state index contributed by atoms with van der Waals surface area (Å²) in [7, 11) is 0. The van der Waals surface area contributed by atoms with Crippen LogP contribution in [0, 0.1) is 0 Å². The number of amides is 1. The SMILES string of the molecule is N[C@@H]1CCC[C@H](NC(=O)O)C1. The Balaban J connectivity index is 2.28. The van der Waals surface area contributed by atoms with Crippen LogP contribution in [0.15, 0.2) is 0 Å². The predicted molar refractivity (Wildman–Crippen MR) is 41.4 cm³/mol. The second kappa shape index (κ2) is 3.57. The monoisotopic (exact) mass is 158 g/mol. The Bertz CT molecular complexity index is 149. The summed E-state index contributed by atoms with van der Waals surface area (Å²) in [5, 5.41) is 10.8. The fourth-order valence-electron chi connectivity index (χ4n) is 1.53. The molecule has 0 heterocycles. The van der Waals surface area contributed by atoms with Crippen LogP contribution < -0.4 is 11.1 Å².